The van der Waals surface area contributed by atoms with E-state index in [2.05, 4.69) is 5.32 Å². The molecule has 0 aromatic heterocycles. The number of carbonyl (C=O) groups excluding carboxylic acids is 1. The first-order chi connectivity index (χ1) is 6.88. The summed E-state index contributed by atoms with van der Waals surface area (Å²) in [4.78, 5) is 10.9. The van der Waals surface area contributed by atoms with Crippen molar-refractivity contribution in [1.82, 2.24) is 0 Å². The molecule has 1 aliphatic heterocycles. The maximum Gasteiger partial charge on any atom is 0.416 e. The summed E-state index contributed by atoms with van der Waals surface area (Å²) >= 11 is 0. The van der Waals surface area contributed by atoms with Crippen molar-refractivity contribution >= 4 is 11.6 Å². The molecule has 0 fully saturated rings. The van der Waals surface area contributed by atoms with Crippen LogP contribution in [0.2, 0.25) is 0 Å². The van der Waals surface area contributed by atoms with Crippen molar-refractivity contribution < 1.29 is 22.4 Å². The SMILES string of the molecule is O=C1Cc2cc(C(F)(F)F)cc(F)c2N1. The molecule has 0 bridgehead atoms. The molecule has 0 unspecified atom stereocenters. The molecule has 0 saturated heterocycles. The number of benzene rings is 1. The zero-order chi connectivity index (χ0) is 11.2. The predicted molar refractivity (Wildman–Crippen MR) is 43.7 cm³/mol. The second kappa shape index (κ2) is 2.95. The summed E-state index contributed by atoms with van der Waals surface area (Å²) in [5.41, 5.74) is -1.17. The first kappa shape index (κ1) is 9.95. The smallest absolute Gasteiger partial charge is 0.323 e. The second-order valence-electron chi connectivity index (χ2n) is 3.21. The highest BCUT2D eigenvalue weighted by Crippen LogP contribution is 2.35. The van der Waals surface area contributed by atoms with Crippen LogP contribution >= 0.6 is 0 Å². The lowest BCUT2D eigenvalue weighted by atomic mass is 10.1. The van der Waals surface area contributed by atoms with Gasteiger partial charge in [-0.2, -0.15) is 13.2 Å². The van der Waals surface area contributed by atoms with Crippen LogP contribution in [0, 0.1) is 5.82 Å². The van der Waals surface area contributed by atoms with Gasteiger partial charge in [0.25, 0.3) is 0 Å². The van der Waals surface area contributed by atoms with Gasteiger partial charge in [-0.05, 0) is 17.7 Å². The van der Waals surface area contributed by atoms with Gasteiger partial charge in [0.1, 0.15) is 5.82 Å². The summed E-state index contributed by atoms with van der Waals surface area (Å²) < 4.78 is 49.9. The second-order valence-corrected chi connectivity index (χ2v) is 3.21. The van der Waals surface area contributed by atoms with Crippen LogP contribution < -0.4 is 5.32 Å². The Morgan fingerprint density at radius 3 is 2.53 bits per heavy atom. The van der Waals surface area contributed by atoms with Crippen LogP contribution in [-0.4, -0.2) is 5.91 Å². The Bertz CT molecular complexity index is 438. The Morgan fingerprint density at radius 2 is 1.93 bits per heavy atom. The van der Waals surface area contributed by atoms with Crippen LogP contribution in [0.25, 0.3) is 0 Å². The van der Waals surface area contributed by atoms with Crippen molar-refractivity contribution in [2.45, 2.75) is 12.6 Å². The number of carbonyl (C=O) groups is 1. The summed E-state index contributed by atoms with van der Waals surface area (Å²) in [6, 6.07) is 1.17. The van der Waals surface area contributed by atoms with Gasteiger partial charge in [-0.15, -0.1) is 0 Å². The Kier molecular flexibility index (Phi) is 1.95. The number of nitrogens with one attached hydrogen (secondary N) is 1. The first-order valence-electron chi connectivity index (χ1n) is 4.07. The number of halogens is 4. The minimum absolute atomic E-state index is 0.0484. The fourth-order valence-corrected chi connectivity index (χ4v) is 1.46. The fraction of sp³-hybridized carbons (Fsp3) is 0.222. The number of anilines is 1. The van der Waals surface area contributed by atoms with Crippen LogP contribution in [0.4, 0.5) is 23.2 Å². The lowest BCUT2D eigenvalue weighted by Gasteiger charge is -2.08. The molecule has 1 amide bonds. The van der Waals surface area contributed by atoms with Crippen LogP contribution in [0.1, 0.15) is 11.1 Å². The molecule has 0 aliphatic carbocycles. The molecule has 0 atom stereocenters. The van der Waals surface area contributed by atoms with Crippen molar-refractivity contribution in [1.29, 1.82) is 0 Å². The Morgan fingerprint density at radius 1 is 1.27 bits per heavy atom. The summed E-state index contributed by atoms with van der Waals surface area (Å²) in [6.07, 6.45) is -4.81. The van der Waals surface area contributed by atoms with Gasteiger partial charge < -0.3 is 5.32 Å². The van der Waals surface area contributed by atoms with E-state index in [1.54, 1.807) is 0 Å². The highest BCUT2D eigenvalue weighted by molar-refractivity contribution is 5.99. The molecule has 15 heavy (non-hydrogen) atoms. The van der Waals surface area contributed by atoms with Gasteiger partial charge in [0.05, 0.1) is 17.7 Å². The molecule has 1 N–H and O–H groups in total. The summed E-state index contributed by atoms with van der Waals surface area (Å²) in [5, 5.41) is 2.16. The maximum absolute atomic E-state index is 13.1. The number of rotatable bonds is 0. The molecule has 2 rings (SSSR count). The Labute approximate surface area is 81.9 Å². The van der Waals surface area contributed by atoms with Crippen LogP contribution in [-0.2, 0) is 17.4 Å². The largest absolute Gasteiger partial charge is 0.416 e. The predicted octanol–water partition coefficient (Wildman–Crippen LogP) is 2.34. The standard InChI is InChI=1S/C9H5F4NO/c10-6-3-5(9(11,12)13)1-4-2-7(15)14-8(4)6/h1,3H,2H2,(H,14,15). The zero-order valence-corrected chi connectivity index (χ0v) is 7.28. The molecule has 0 spiro atoms. The molecule has 2 nitrogen and oxygen atoms in total. The minimum Gasteiger partial charge on any atom is -0.323 e. The van der Waals surface area contributed by atoms with Crippen molar-refractivity contribution in [3.8, 4) is 0 Å². The van der Waals surface area contributed by atoms with Crippen LogP contribution in [0.3, 0.4) is 0 Å². The fourth-order valence-electron chi connectivity index (χ4n) is 1.46. The number of alkyl halides is 3. The van der Waals surface area contributed by atoms with E-state index in [9.17, 15) is 22.4 Å². The summed E-state index contributed by atoms with van der Waals surface area (Å²) in [7, 11) is 0. The molecule has 1 aromatic rings. The van der Waals surface area contributed by atoms with E-state index >= 15 is 0 Å². The van der Waals surface area contributed by atoms with Gasteiger partial charge in [-0.25, -0.2) is 4.39 Å². The molecular weight excluding hydrogens is 214 g/mol. The van der Waals surface area contributed by atoms with Gasteiger partial charge in [-0.1, -0.05) is 0 Å². The topological polar surface area (TPSA) is 29.1 Å². The van der Waals surface area contributed by atoms with E-state index in [0.29, 0.717) is 6.07 Å². The molecule has 1 aliphatic rings. The monoisotopic (exact) mass is 219 g/mol. The lowest BCUT2D eigenvalue weighted by molar-refractivity contribution is -0.137. The van der Waals surface area contributed by atoms with E-state index in [-0.39, 0.29) is 17.7 Å². The number of hydrogen-bond acceptors (Lipinski definition) is 1. The lowest BCUT2D eigenvalue weighted by Crippen LogP contribution is -2.06. The zero-order valence-electron chi connectivity index (χ0n) is 7.28. The summed E-state index contributed by atoms with van der Waals surface area (Å²) in [5.74, 6) is -1.55. The number of fused-ring (bicyclic) bond motifs is 1. The van der Waals surface area contributed by atoms with Crippen molar-refractivity contribution in [3.63, 3.8) is 0 Å². The highest BCUT2D eigenvalue weighted by atomic mass is 19.4. The Hall–Kier alpha value is -1.59. The van der Waals surface area contributed by atoms with Gasteiger partial charge in [0.15, 0.2) is 0 Å². The highest BCUT2D eigenvalue weighted by Gasteiger charge is 2.34. The van der Waals surface area contributed by atoms with Gasteiger partial charge >= 0.3 is 6.18 Å². The third-order valence-electron chi connectivity index (χ3n) is 2.11. The molecule has 1 aromatic carbocycles. The van der Waals surface area contributed by atoms with Gasteiger partial charge in [-0.3, -0.25) is 4.79 Å². The average molecular weight is 219 g/mol. The van der Waals surface area contributed by atoms with Crippen molar-refractivity contribution in [3.05, 3.63) is 29.1 Å². The van der Waals surface area contributed by atoms with E-state index in [4.69, 9.17) is 0 Å². The third kappa shape index (κ3) is 1.67. The quantitative estimate of drug-likeness (QED) is 0.666. The normalized spacial score (nSPS) is 15.1. The molecule has 0 saturated carbocycles. The molecular formula is C9H5F4NO. The van der Waals surface area contributed by atoms with E-state index in [1.807, 2.05) is 0 Å². The first-order valence-corrected chi connectivity index (χ1v) is 4.07. The summed E-state index contributed by atoms with van der Waals surface area (Å²) in [6.45, 7) is 0. The molecule has 6 heteroatoms. The van der Waals surface area contributed by atoms with E-state index < -0.39 is 23.5 Å². The molecule has 1 heterocycles. The minimum atomic E-state index is -4.60. The molecule has 0 radical (unpaired) electrons. The van der Waals surface area contributed by atoms with Gasteiger partial charge in [0.2, 0.25) is 5.91 Å². The number of hydrogen-bond donors (Lipinski definition) is 1. The molecule has 80 valence electrons. The van der Waals surface area contributed by atoms with Crippen molar-refractivity contribution in [2.75, 3.05) is 5.32 Å². The van der Waals surface area contributed by atoms with Crippen molar-refractivity contribution in [2.24, 2.45) is 0 Å². The maximum atomic E-state index is 13.1. The third-order valence-corrected chi connectivity index (χ3v) is 2.11. The van der Waals surface area contributed by atoms with Crippen LogP contribution in [0.5, 0.6) is 0 Å². The van der Waals surface area contributed by atoms with E-state index in [1.165, 1.54) is 0 Å². The van der Waals surface area contributed by atoms with Gasteiger partial charge in [0, 0.05) is 0 Å². The van der Waals surface area contributed by atoms with E-state index in [0.717, 1.165) is 6.07 Å². The Balaban J connectivity index is 2.54. The van der Waals surface area contributed by atoms with Crippen LogP contribution in [0.15, 0.2) is 12.1 Å². The number of amides is 1. The average Bonchev–Trinajstić information content (AvgIpc) is 2.44.